The summed E-state index contributed by atoms with van der Waals surface area (Å²) in [6.07, 6.45) is 4.87. The second-order valence-electron chi connectivity index (χ2n) is 3.74. The molecular weight excluding hydrogens is 237 g/mol. The fourth-order valence-corrected chi connectivity index (χ4v) is 1.47. The van der Waals surface area contributed by atoms with Gasteiger partial charge in [-0.1, -0.05) is 24.3 Å². The summed E-state index contributed by atoms with van der Waals surface area (Å²) in [5, 5.41) is 0. The molecule has 18 heavy (non-hydrogen) atoms. The van der Waals surface area contributed by atoms with Gasteiger partial charge in [0.1, 0.15) is 17.5 Å². The molecule has 0 aliphatic carbocycles. The van der Waals surface area contributed by atoms with E-state index in [4.69, 9.17) is 0 Å². The van der Waals surface area contributed by atoms with Crippen molar-refractivity contribution in [1.29, 1.82) is 0 Å². The van der Waals surface area contributed by atoms with E-state index in [2.05, 4.69) is 0 Å². The predicted molar refractivity (Wildman–Crippen MR) is 65.2 cm³/mol. The maximum absolute atomic E-state index is 13.3. The smallest absolute Gasteiger partial charge is 0.133 e. The number of hydrogen-bond acceptors (Lipinski definition) is 0. The van der Waals surface area contributed by atoms with Crippen LogP contribution in [0.5, 0.6) is 0 Å². The number of halogens is 3. The molecule has 91 valence electrons. The highest BCUT2D eigenvalue weighted by molar-refractivity contribution is 5.52. The van der Waals surface area contributed by atoms with E-state index in [1.807, 2.05) is 0 Å². The molecule has 0 aliphatic rings. The molecule has 3 heteroatoms. The summed E-state index contributed by atoms with van der Waals surface area (Å²) in [5.74, 6) is -1.52. The SMILES string of the molecule is Fc1ccc([CH]/C=C/c2ccc(F)cc2F)cc1. The topological polar surface area (TPSA) is 0 Å². The molecule has 0 nitrogen and oxygen atoms in total. The fraction of sp³-hybridized carbons (Fsp3) is 0. The number of benzene rings is 2. The van der Waals surface area contributed by atoms with Gasteiger partial charge in [-0.05, 0) is 29.8 Å². The maximum atomic E-state index is 13.3. The first-order chi connectivity index (χ1) is 8.65. The summed E-state index contributed by atoms with van der Waals surface area (Å²) in [4.78, 5) is 0. The first-order valence-corrected chi connectivity index (χ1v) is 5.37. The first-order valence-electron chi connectivity index (χ1n) is 5.37. The molecule has 0 unspecified atom stereocenters. The van der Waals surface area contributed by atoms with Crippen LogP contribution in [0.25, 0.3) is 6.08 Å². The molecule has 0 bridgehead atoms. The molecule has 0 atom stereocenters. The molecule has 0 aliphatic heterocycles. The highest BCUT2D eigenvalue weighted by Gasteiger charge is 1.99. The molecule has 0 fully saturated rings. The van der Waals surface area contributed by atoms with Gasteiger partial charge in [-0.15, -0.1) is 0 Å². The Balaban J connectivity index is 2.05. The summed E-state index contributed by atoms with van der Waals surface area (Å²) >= 11 is 0. The third-order valence-corrected chi connectivity index (χ3v) is 2.40. The third-order valence-electron chi connectivity index (χ3n) is 2.40. The van der Waals surface area contributed by atoms with Gasteiger partial charge in [-0.2, -0.15) is 0 Å². The Hall–Kier alpha value is -2.03. The first kappa shape index (κ1) is 12.4. The van der Waals surface area contributed by atoms with Crippen molar-refractivity contribution in [3.05, 3.63) is 83.5 Å². The Morgan fingerprint density at radius 1 is 0.778 bits per heavy atom. The standard InChI is InChI=1S/C15H10F3/c16-13-7-4-11(5-8-13)2-1-3-12-6-9-14(17)10-15(12)18/h1-10H/b3-1+. The molecule has 2 aromatic rings. The lowest BCUT2D eigenvalue weighted by Crippen LogP contribution is -1.84. The summed E-state index contributed by atoms with van der Waals surface area (Å²) in [7, 11) is 0. The Kier molecular flexibility index (Phi) is 3.82. The largest absolute Gasteiger partial charge is 0.207 e. The highest BCUT2D eigenvalue weighted by atomic mass is 19.1. The van der Waals surface area contributed by atoms with Gasteiger partial charge >= 0.3 is 0 Å². The van der Waals surface area contributed by atoms with Crippen molar-refractivity contribution >= 4 is 6.08 Å². The van der Waals surface area contributed by atoms with Gasteiger partial charge in [0, 0.05) is 18.1 Å². The highest BCUT2D eigenvalue weighted by Crippen LogP contribution is 2.13. The molecule has 0 amide bonds. The van der Waals surface area contributed by atoms with Gasteiger partial charge in [0.25, 0.3) is 0 Å². The van der Waals surface area contributed by atoms with Gasteiger partial charge in [0.15, 0.2) is 0 Å². The van der Waals surface area contributed by atoms with Crippen molar-refractivity contribution in [3.63, 3.8) is 0 Å². The molecular formula is C15H10F3. The maximum Gasteiger partial charge on any atom is 0.133 e. The lowest BCUT2D eigenvalue weighted by Gasteiger charge is -1.97. The molecule has 1 radical (unpaired) electrons. The van der Waals surface area contributed by atoms with Crippen LogP contribution in [-0.2, 0) is 0 Å². The van der Waals surface area contributed by atoms with Crippen LogP contribution in [0, 0.1) is 23.9 Å². The van der Waals surface area contributed by atoms with E-state index in [0.717, 1.165) is 11.6 Å². The van der Waals surface area contributed by atoms with Gasteiger partial charge in [-0.25, -0.2) is 13.2 Å². The number of hydrogen-bond donors (Lipinski definition) is 0. The quantitative estimate of drug-likeness (QED) is 0.755. The fourth-order valence-electron chi connectivity index (χ4n) is 1.47. The van der Waals surface area contributed by atoms with E-state index in [1.54, 1.807) is 24.6 Å². The van der Waals surface area contributed by atoms with Crippen molar-refractivity contribution in [2.24, 2.45) is 0 Å². The predicted octanol–water partition coefficient (Wildman–Crippen LogP) is 4.37. The lowest BCUT2D eigenvalue weighted by atomic mass is 10.1. The zero-order chi connectivity index (χ0) is 13.0. The van der Waals surface area contributed by atoms with Crippen LogP contribution < -0.4 is 0 Å². The minimum absolute atomic E-state index is 0.301. The molecule has 0 heterocycles. The average molecular weight is 247 g/mol. The summed E-state index contributed by atoms with van der Waals surface area (Å²) in [5.41, 5.74) is 1.10. The van der Waals surface area contributed by atoms with Crippen molar-refractivity contribution in [3.8, 4) is 0 Å². The monoisotopic (exact) mass is 247 g/mol. The molecule has 0 saturated heterocycles. The zero-order valence-electron chi connectivity index (χ0n) is 9.41. The minimum atomic E-state index is -0.612. The van der Waals surface area contributed by atoms with Crippen LogP contribution in [-0.4, -0.2) is 0 Å². The summed E-state index contributed by atoms with van der Waals surface area (Å²) in [6.45, 7) is 0. The molecule has 0 aromatic heterocycles. The number of allylic oxidation sites excluding steroid dienone is 1. The zero-order valence-corrected chi connectivity index (χ0v) is 9.41. The van der Waals surface area contributed by atoms with Crippen LogP contribution in [0.15, 0.2) is 48.5 Å². The van der Waals surface area contributed by atoms with Crippen LogP contribution in [0.4, 0.5) is 13.2 Å². The van der Waals surface area contributed by atoms with E-state index in [1.165, 1.54) is 30.3 Å². The van der Waals surface area contributed by atoms with Crippen molar-refractivity contribution in [2.45, 2.75) is 0 Å². The van der Waals surface area contributed by atoms with Gasteiger partial charge in [0.2, 0.25) is 0 Å². The van der Waals surface area contributed by atoms with E-state index in [0.29, 0.717) is 5.56 Å². The third kappa shape index (κ3) is 3.23. The lowest BCUT2D eigenvalue weighted by molar-refractivity contribution is 0.581. The summed E-state index contributed by atoms with van der Waals surface area (Å²) < 4.78 is 38.6. The van der Waals surface area contributed by atoms with Crippen LogP contribution in [0.1, 0.15) is 11.1 Å². The van der Waals surface area contributed by atoms with Gasteiger partial charge in [0.05, 0.1) is 0 Å². The molecule has 0 spiro atoms. The second-order valence-corrected chi connectivity index (χ2v) is 3.74. The Labute approximate surface area is 103 Å². The van der Waals surface area contributed by atoms with Crippen molar-refractivity contribution in [2.75, 3.05) is 0 Å². The normalized spacial score (nSPS) is 11.1. The molecule has 2 aromatic carbocycles. The Bertz CT molecular complexity index is 556. The Morgan fingerprint density at radius 2 is 1.44 bits per heavy atom. The minimum Gasteiger partial charge on any atom is -0.207 e. The van der Waals surface area contributed by atoms with E-state index in [-0.39, 0.29) is 5.82 Å². The van der Waals surface area contributed by atoms with Gasteiger partial charge in [-0.3, -0.25) is 0 Å². The van der Waals surface area contributed by atoms with Crippen LogP contribution >= 0.6 is 0 Å². The summed E-state index contributed by atoms with van der Waals surface area (Å²) in [6, 6.07) is 9.30. The average Bonchev–Trinajstić information content (AvgIpc) is 2.34. The van der Waals surface area contributed by atoms with Crippen LogP contribution in [0.2, 0.25) is 0 Å². The Morgan fingerprint density at radius 3 is 2.11 bits per heavy atom. The number of rotatable bonds is 3. The van der Waals surface area contributed by atoms with E-state index >= 15 is 0 Å². The van der Waals surface area contributed by atoms with Crippen molar-refractivity contribution < 1.29 is 13.2 Å². The molecule has 0 saturated carbocycles. The van der Waals surface area contributed by atoms with Crippen LogP contribution in [0.3, 0.4) is 0 Å². The van der Waals surface area contributed by atoms with E-state index < -0.39 is 11.6 Å². The van der Waals surface area contributed by atoms with Crippen molar-refractivity contribution in [1.82, 2.24) is 0 Å². The molecule has 2 rings (SSSR count). The van der Waals surface area contributed by atoms with Gasteiger partial charge < -0.3 is 0 Å². The second kappa shape index (κ2) is 5.54. The molecule has 0 N–H and O–H groups in total. The van der Waals surface area contributed by atoms with E-state index in [9.17, 15) is 13.2 Å².